The second-order valence-corrected chi connectivity index (χ2v) is 9.52. The quantitative estimate of drug-likeness (QED) is 0.879. The Morgan fingerprint density at radius 3 is 2.58 bits per heavy atom. The summed E-state index contributed by atoms with van der Waals surface area (Å²) in [5, 5.41) is 3.05. The van der Waals surface area contributed by atoms with E-state index >= 15 is 0 Å². The van der Waals surface area contributed by atoms with E-state index in [1.54, 1.807) is 6.92 Å². The van der Waals surface area contributed by atoms with Gasteiger partial charge in [-0.2, -0.15) is 4.31 Å². The molecule has 0 radical (unpaired) electrons. The van der Waals surface area contributed by atoms with Crippen molar-refractivity contribution in [1.82, 2.24) is 9.62 Å². The van der Waals surface area contributed by atoms with Gasteiger partial charge in [0.05, 0.1) is 23.0 Å². The Kier molecular flexibility index (Phi) is 5.59. The van der Waals surface area contributed by atoms with E-state index < -0.39 is 10.0 Å². The number of hydrogen-bond acceptors (Lipinski definition) is 5. The van der Waals surface area contributed by atoms with E-state index in [4.69, 9.17) is 4.74 Å². The van der Waals surface area contributed by atoms with E-state index in [1.165, 1.54) is 28.1 Å². The van der Waals surface area contributed by atoms with Crippen LogP contribution in [0.4, 0.5) is 0 Å². The van der Waals surface area contributed by atoms with Gasteiger partial charge < -0.3 is 10.1 Å². The average Bonchev–Trinajstić information content (AvgIpc) is 2.99. The van der Waals surface area contributed by atoms with Crippen molar-refractivity contribution in [2.24, 2.45) is 0 Å². The molecule has 0 atom stereocenters. The Bertz CT molecular complexity index is 687. The molecule has 1 amide bonds. The molecule has 0 spiro atoms. The maximum atomic E-state index is 12.8. The SMILES string of the molecule is Cc1sc(C(=O)NC2CCCCC2)cc1S(=O)(=O)N1CCOCC1. The minimum absolute atomic E-state index is 0.154. The van der Waals surface area contributed by atoms with Gasteiger partial charge >= 0.3 is 0 Å². The van der Waals surface area contributed by atoms with Gasteiger partial charge in [0, 0.05) is 24.0 Å². The maximum absolute atomic E-state index is 12.8. The number of nitrogens with one attached hydrogen (secondary N) is 1. The summed E-state index contributed by atoms with van der Waals surface area (Å²) in [4.78, 5) is 13.8. The van der Waals surface area contributed by atoms with E-state index in [2.05, 4.69) is 5.32 Å². The van der Waals surface area contributed by atoms with Crippen molar-refractivity contribution in [3.05, 3.63) is 15.8 Å². The van der Waals surface area contributed by atoms with Crippen LogP contribution in [0.1, 0.15) is 46.7 Å². The predicted molar refractivity (Wildman–Crippen MR) is 93.0 cm³/mol. The van der Waals surface area contributed by atoms with Gasteiger partial charge in [0.15, 0.2) is 0 Å². The van der Waals surface area contributed by atoms with Gasteiger partial charge in [-0.3, -0.25) is 4.79 Å². The number of thiophene rings is 1. The van der Waals surface area contributed by atoms with Gasteiger partial charge in [-0.05, 0) is 25.8 Å². The van der Waals surface area contributed by atoms with Crippen LogP contribution in [0.5, 0.6) is 0 Å². The summed E-state index contributed by atoms with van der Waals surface area (Å²) in [6.07, 6.45) is 5.53. The number of morpholine rings is 1. The van der Waals surface area contributed by atoms with Crippen LogP contribution in [-0.4, -0.2) is 51.0 Å². The number of sulfonamides is 1. The van der Waals surface area contributed by atoms with Crippen LogP contribution in [0.2, 0.25) is 0 Å². The lowest BCUT2D eigenvalue weighted by molar-refractivity contribution is 0.0730. The number of carbonyl (C=O) groups excluding carboxylic acids is 1. The van der Waals surface area contributed by atoms with Crippen LogP contribution in [-0.2, 0) is 14.8 Å². The number of nitrogens with zero attached hydrogens (tertiary/aromatic N) is 1. The lowest BCUT2D eigenvalue weighted by Crippen LogP contribution is -2.40. The monoisotopic (exact) mass is 372 g/mol. The highest BCUT2D eigenvalue weighted by molar-refractivity contribution is 7.89. The fourth-order valence-electron chi connectivity index (χ4n) is 3.26. The topological polar surface area (TPSA) is 75.7 Å². The second kappa shape index (κ2) is 7.51. The molecular weight excluding hydrogens is 348 g/mol. The van der Waals surface area contributed by atoms with Gasteiger partial charge in [0.1, 0.15) is 0 Å². The van der Waals surface area contributed by atoms with Crippen molar-refractivity contribution in [3.8, 4) is 0 Å². The highest BCUT2D eigenvalue weighted by Gasteiger charge is 2.30. The lowest BCUT2D eigenvalue weighted by Gasteiger charge is -2.25. The molecule has 1 aliphatic carbocycles. The normalized spacial score (nSPS) is 20.9. The molecule has 0 unspecified atom stereocenters. The molecule has 1 aliphatic heterocycles. The van der Waals surface area contributed by atoms with E-state index in [9.17, 15) is 13.2 Å². The number of hydrogen-bond donors (Lipinski definition) is 1. The van der Waals surface area contributed by atoms with Crippen LogP contribution in [0, 0.1) is 6.92 Å². The molecule has 2 fully saturated rings. The van der Waals surface area contributed by atoms with Gasteiger partial charge in [-0.15, -0.1) is 11.3 Å². The largest absolute Gasteiger partial charge is 0.379 e. The van der Waals surface area contributed by atoms with Crippen molar-refractivity contribution >= 4 is 27.3 Å². The molecule has 1 N–H and O–H groups in total. The molecule has 3 rings (SSSR count). The fourth-order valence-corrected chi connectivity index (χ4v) is 6.13. The van der Waals surface area contributed by atoms with Gasteiger partial charge in [0.2, 0.25) is 10.0 Å². The standard InChI is InChI=1S/C16H24N2O4S2/c1-12-15(24(20,21)18-7-9-22-10-8-18)11-14(23-12)16(19)17-13-5-3-2-4-6-13/h11,13H,2-10H2,1H3,(H,17,19). The molecule has 0 bridgehead atoms. The Balaban J connectivity index is 1.75. The molecular formula is C16H24N2O4S2. The fraction of sp³-hybridized carbons (Fsp3) is 0.688. The van der Waals surface area contributed by atoms with E-state index in [-0.39, 0.29) is 16.8 Å². The third kappa shape index (κ3) is 3.82. The molecule has 8 heteroatoms. The summed E-state index contributed by atoms with van der Waals surface area (Å²) >= 11 is 1.25. The first kappa shape index (κ1) is 17.8. The van der Waals surface area contributed by atoms with E-state index in [0.717, 1.165) is 25.7 Å². The van der Waals surface area contributed by atoms with Crippen LogP contribution in [0.15, 0.2) is 11.0 Å². The van der Waals surface area contributed by atoms with Crippen molar-refractivity contribution in [1.29, 1.82) is 0 Å². The number of aryl methyl sites for hydroxylation is 1. The first-order valence-electron chi connectivity index (χ1n) is 8.47. The zero-order valence-corrected chi connectivity index (χ0v) is 15.5. The molecule has 24 heavy (non-hydrogen) atoms. The van der Waals surface area contributed by atoms with Crippen molar-refractivity contribution in [2.75, 3.05) is 26.3 Å². The Morgan fingerprint density at radius 1 is 1.25 bits per heavy atom. The summed E-state index contributed by atoms with van der Waals surface area (Å²) in [6, 6.07) is 1.75. The van der Waals surface area contributed by atoms with Crippen molar-refractivity contribution in [3.63, 3.8) is 0 Å². The van der Waals surface area contributed by atoms with Crippen LogP contribution in [0.3, 0.4) is 0 Å². The molecule has 1 saturated carbocycles. The number of ether oxygens (including phenoxy) is 1. The van der Waals surface area contributed by atoms with Crippen molar-refractivity contribution < 1.29 is 17.9 Å². The third-order valence-corrected chi connectivity index (χ3v) is 7.83. The highest BCUT2D eigenvalue weighted by Crippen LogP contribution is 2.29. The maximum Gasteiger partial charge on any atom is 0.261 e. The Labute approximate surface area is 147 Å². The molecule has 0 aromatic carbocycles. The zero-order valence-electron chi connectivity index (χ0n) is 13.9. The molecule has 1 saturated heterocycles. The van der Waals surface area contributed by atoms with Crippen molar-refractivity contribution in [2.45, 2.75) is 50.0 Å². The minimum Gasteiger partial charge on any atom is -0.379 e. The molecule has 1 aromatic heterocycles. The Hall–Kier alpha value is -0.960. The Morgan fingerprint density at radius 2 is 1.92 bits per heavy atom. The summed E-state index contributed by atoms with van der Waals surface area (Å²) in [7, 11) is -3.55. The molecule has 6 nitrogen and oxygen atoms in total. The molecule has 1 aromatic rings. The van der Waals surface area contributed by atoms with E-state index in [1.807, 2.05) is 0 Å². The number of carbonyl (C=O) groups is 1. The summed E-state index contributed by atoms with van der Waals surface area (Å²) in [5.41, 5.74) is 0. The first-order chi connectivity index (χ1) is 11.5. The summed E-state index contributed by atoms with van der Waals surface area (Å²) in [5.74, 6) is -0.154. The zero-order chi connectivity index (χ0) is 17.2. The van der Waals surface area contributed by atoms with Crippen LogP contribution in [0.25, 0.3) is 0 Å². The van der Waals surface area contributed by atoms with Crippen LogP contribution >= 0.6 is 11.3 Å². The highest BCUT2D eigenvalue weighted by atomic mass is 32.2. The van der Waals surface area contributed by atoms with Crippen LogP contribution < -0.4 is 5.32 Å². The average molecular weight is 373 g/mol. The predicted octanol–water partition coefficient (Wildman–Crippen LogP) is 2.14. The molecule has 2 heterocycles. The second-order valence-electron chi connectivity index (χ2n) is 6.36. The molecule has 134 valence electrons. The lowest BCUT2D eigenvalue weighted by atomic mass is 9.95. The number of rotatable bonds is 4. The summed E-state index contributed by atoms with van der Waals surface area (Å²) < 4.78 is 32.2. The smallest absolute Gasteiger partial charge is 0.261 e. The molecule has 2 aliphatic rings. The number of amides is 1. The minimum atomic E-state index is -3.55. The van der Waals surface area contributed by atoms with Gasteiger partial charge in [-0.1, -0.05) is 19.3 Å². The third-order valence-electron chi connectivity index (χ3n) is 4.62. The van der Waals surface area contributed by atoms with Gasteiger partial charge in [-0.25, -0.2) is 8.42 Å². The van der Waals surface area contributed by atoms with Gasteiger partial charge in [0.25, 0.3) is 5.91 Å². The first-order valence-corrected chi connectivity index (χ1v) is 10.7. The summed E-state index contributed by atoms with van der Waals surface area (Å²) in [6.45, 7) is 3.31. The van der Waals surface area contributed by atoms with E-state index in [0.29, 0.717) is 36.1 Å².